The van der Waals surface area contributed by atoms with Crippen molar-refractivity contribution >= 4 is 11.6 Å². The highest BCUT2D eigenvalue weighted by atomic mass is 16.5. The Kier molecular flexibility index (Phi) is 5.29. The SMILES string of the molecule is CCNCc1ccc(NC(=O)c2ccncc2OC)cc1. The van der Waals surface area contributed by atoms with Crippen molar-refractivity contribution in [3.05, 3.63) is 53.9 Å². The number of anilines is 1. The second kappa shape index (κ2) is 7.40. The lowest BCUT2D eigenvalue weighted by Crippen LogP contribution is -2.14. The van der Waals surface area contributed by atoms with E-state index < -0.39 is 0 Å². The van der Waals surface area contributed by atoms with Gasteiger partial charge < -0.3 is 15.4 Å². The summed E-state index contributed by atoms with van der Waals surface area (Å²) in [5.41, 5.74) is 2.39. The topological polar surface area (TPSA) is 63.2 Å². The van der Waals surface area contributed by atoms with Gasteiger partial charge in [-0.3, -0.25) is 9.78 Å². The van der Waals surface area contributed by atoms with E-state index in [0.717, 1.165) is 18.8 Å². The van der Waals surface area contributed by atoms with Crippen LogP contribution in [0.3, 0.4) is 0 Å². The summed E-state index contributed by atoms with van der Waals surface area (Å²) in [5, 5.41) is 6.10. The van der Waals surface area contributed by atoms with Crippen LogP contribution >= 0.6 is 0 Å². The molecule has 0 unspecified atom stereocenters. The van der Waals surface area contributed by atoms with Crippen molar-refractivity contribution in [2.75, 3.05) is 19.0 Å². The van der Waals surface area contributed by atoms with Gasteiger partial charge in [-0.1, -0.05) is 19.1 Å². The lowest BCUT2D eigenvalue weighted by atomic mass is 10.2. The van der Waals surface area contributed by atoms with Gasteiger partial charge in [-0.15, -0.1) is 0 Å². The van der Waals surface area contributed by atoms with Crippen molar-refractivity contribution in [1.29, 1.82) is 0 Å². The van der Waals surface area contributed by atoms with Crippen molar-refractivity contribution in [1.82, 2.24) is 10.3 Å². The van der Waals surface area contributed by atoms with E-state index in [1.165, 1.54) is 18.9 Å². The van der Waals surface area contributed by atoms with Gasteiger partial charge in [-0.25, -0.2) is 0 Å². The van der Waals surface area contributed by atoms with E-state index in [0.29, 0.717) is 11.3 Å². The largest absolute Gasteiger partial charge is 0.494 e. The molecule has 0 saturated heterocycles. The van der Waals surface area contributed by atoms with E-state index in [2.05, 4.69) is 22.5 Å². The fourth-order valence-electron chi connectivity index (χ4n) is 1.90. The molecule has 0 radical (unpaired) electrons. The maximum absolute atomic E-state index is 12.2. The molecule has 2 aromatic rings. The zero-order valence-electron chi connectivity index (χ0n) is 12.2. The Balaban J connectivity index is 2.05. The number of benzene rings is 1. The predicted molar refractivity (Wildman–Crippen MR) is 82.6 cm³/mol. The number of hydrogen-bond donors (Lipinski definition) is 2. The molecule has 2 N–H and O–H groups in total. The van der Waals surface area contributed by atoms with Gasteiger partial charge in [0.15, 0.2) is 0 Å². The standard InChI is InChI=1S/C16H19N3O2/c1-3-17-10-12-4-6-13(7-5-12)19-16(20)14-8-9-18-11-15(14)21-2/h4-9,11,17H,3,10H2,1-2H3,(H,19,20). The Bertz CT molecular complexity index is 597. The van der Waals surface area contributed by atoms with Crippen molar-refractivity contribution in [3.8, 4) is 5.75 Å². The summed E-state index contributed by atoms with van der Waals surface area (Å²) in [4.78, 5) is 16.2. The molecule has 0 aliphatic carbocycles. The molecular weight excluding hydrogens is 266 g/mol. The smallest absolute Gasteiger partial charge is 0.259 e. The van der Waals surface area contributed by atoms with Crippen molar-refractivity contribution in [3.63, 3.8) is 0 Å². The second-order valence-corrected chi connectivity index (χ2v) is 4.51. The Hall–Kier alpha value is -2.40. The number of pyridine rings is 1. The van der Waals surface area contributed by atoms with Crippen molar-refractivity contribution < 1.29 is 9.53 Å². The molecule has 21 heavy (non-hydrogen) atoms. The molecule has 0 fully saturated rings. The Morgan fingerprint density at radius 1 is 1.24 bits per heavy atom. The van der Waals surface area contributed by atoms with Crippen molar-refractivity contribution in [2.24, 2.45) is 0 Å². The van der Waals surface area contributed by atoms with Crippen LogP contribution in [0.5, 0.6) is 5.75 Å². The summed E-state index contributed by atoms with van der Waals surface area (Å²) in [6.45, 7) is 3.82. The monoisotopic (exact) mass is 285 g/mol. The van der Waals surface area contributed by atoms with Gasteiger partial charge in [0.2, 0.25) is 0 Å². The minimum atomic E-state index is -0.214. The molecule has 1 aromatic heterocycles. The normalized spacial score (nSPS) is 10.2. The van der Waals surface area contributed by atoms with Crippen LogP contribution < -0.4 is 15.4 Å². The number of carbonyl (C=O) groups excluding carboxylic acids is 1. The Labute approximate surface area is 124 Å². The summed E-state index contributed by atoms with van der Waals surface area (Å²) in [5.74, 6) is 0.243. The van der Waals surface area contributed by atoms with Crippen LogP contribution in [0.2, 0.25) is 0 Å². The molecule has 0 spiro atoms. The number of nitrogens with zero attached hydrogens (tertiary/aromatic N) is 1. The van der Waals surface area contributed by atoms with Crippen LogP contribution in [0.25, 0.3) is 0 Å². The number of amides is 1. The van der Waals surface area contributed by atoms with Crippen molar-refractivity contribution in [2.45, 2.75) is 13.5 Å². The van der Waals surface area contributed by atoms with Gasteiger partial charge in [-0.2, -0.15) is 0 Å². The molecule has 5 heteroatoms. The Morgan fingerprint density at radius 2 is 2.00 bits per heavy atom. The number of carbonyl (C=O) groups is 1. The first-order chi connectivity index (χ1) is 10.2. The first kappa shape index (κ1) is 15.0. The third-order valence-corrected chi connectivity index (χ3v) is 3.04. The van der Waals surface area contributed by atoms with Gasteiger partial charge in [-0.05, 0) is 30.3 Å². The first-order valence-electron chi connectivity index (χ1n) is 6.83. The zero-order chi connectivity index (χ0) is 15.1. The average molecular weight is 285 g/mol. The number of aromatic nitrogens is 1. The van der Waals surface area contributed by atoms with Gasteiger partial charge >= 0.3 is 0 Å². The highest BCUT2D eigenvalue weighted by molar-refractivity contribution is 6.06. The highest BCUT2D eigenvalue weighted by Gasteiger charge is 2.11. The summed E-state index contributed by atoms with van der Waals surface area (Å²) in [7, 11) is 1.52. The third-order valence-electron chi connectivity index (χ3n) is 3.04. The number of rotatable bonds is 6. The summed E-state index contributed by atoms with van der Waals surface area (Å²) >= 11 is 0. The van der Waals surface area contributed by atoms with Gasteiger partial charge in [0.1, 0.15) is 5.75 Å². The minimum Gasteiger partial charge on any atom is -0.494 e. The van der Waals surface area contributed by atoms with Crippen LogP contribution in [0.1, 0.15) is 22.8 Å². The molecule has 0 atom stereocenters. The average Bonchev–Trinajstić information content (AvgIpc) is 2.54. The quantitative estimate of drug-likeness (QED) is 0.855. The second-order valence-electron chi connectivity index (χ2n) is 4.51. The molecule has 1 amide bonds. The predicted octanol–water partition coefficient (Wildman–Crippen LogP) is 2.45. The number of methoxy groups -OCH3 is 1. The van der Waals surface area contributed by atoms with Crippen LogP contribution in [0.4, 0.5) is 5.69 Å². The summed E-state index contributed by atoms with van der Waals surface area (Å²) < 4.78 is 5.14. The minimum absolute atomic E-state index is 0.214. The van der Waals surface area contributed by atoms with Gasteiger partial charge in [0.25, 0.3) is 5.91 Å². The zero-order valence-corrected chi connectivity index (χ0v) is 12.2. The van der Waals surface area contributed by atoms with Crippen LogP contribution in [0, 0.1) is 0 Å². The molecule has 0 saturated carbocycles. The lowest BCUT2D eigenvalue weighted by Gasteiger charge is -2.09. The molecule has 1 heterocycles. The maximum atomic E-state index is 12.2. The van der Waals surface area contributed by atoms with Gasteiger partial charge in [0, 0.05) is 18.4 Å². The van der Waals surface area contributed by atoms with E-state index in [9.17, 15) is 4.79 Å². The van der Waals surface area contributed by atoms with E-state index in [1.807, 2.05) is 24.3 Å². The number of ether oxygens (including phenoxy) is 1. The number of hydrogen-bond acceptors (Lipinski definition) is 4. The summed E-state index contributed by atoms with van der Waals surface area (Å²) in [6, 6.07) is 9.38. The summed E-state index contributed by atoms with van der Waals surface area (Å²) in [6.07, 6.45) is 3.09. The fraction of sp³-hybridized carbons (Fsp3) is 0.250. The van der Waals surface area contributed by atoms with Crippen LogP contribution in [-0.2, 0) is 6.54 Å². The van der Waals surface area contributed by atoms with Crippen LogP contribution in [0.15, 0.2) is 42.7 Å². The first-order valence-corrected chi connectivity index (χ1v) is 6.83. The molecule has 2 rings (SSSR count). The van der Waals surface area contributed by atoms with E-state index in [-0.39, 0.29) is 5.91 Å². The number of nitrogens with one attached hydrogen (secondary N) is 2. The van der Waals surface area contributed by atoms with E-state index >= 15 is 0 Å². The van der Waals surface area contributed by atoms with Crippen LogP contribution in [-0.4, -0.2) is 24.5 Å². The fourth-order valence-corrected chi connectivity index (χ4v) is 1.90. The molecule has 5 nitrogen and oxygen atoms in total. The highest BCUT2D eigenvalue weighted by Crippen LogP contribution is 2.18. The lowest BCUT2D eigenvalue weighted by molar-refractivity contribution is 0.102. The molecule has 110 valence electrons. The van der Waals surface area contributed by atoms with Gasteiger partial charge in [0.05, 0.1) is 18.9 Å². The molecule has 0 aliphatic heterocycles. The molecule has 0 bridgehead atoms. The molecular formula is C16H19N3O2. The molecule has 0 aliphatic rings. The molecule has 1 aromatic carbocycles. The maximum Gasteiger partial charge on any atom is 0.259 e. The Morgan fingerprint density at radius 3 is 2.67 bits per heavy atom. The third kappa shape index (κ3) is 4.03. The van der Waals surface area contributed by atoms with E-state index in [4.69, 9.17) is 4.74 Å². The van der Waals surface area contributed by atoms with E-state index in [1.54, 1.807) is 12.3 Å².